The van der Waals surface area contributed by atoms with E-state index in [2.05, 4.69) is 33.1 Å². The van der Waals surface area contributed by atoms with E-state index in [0.717, 1.165) is 24.0 Å². The molecule has 7 nitrogen and oxygen atoms in total. The third-order valence-corrected chi connectivity index (χ3v) is 6.08. The number of nitrogens with one attached hydrogen (secondary N) is 3. The lowest BCUT2D eigenvalue weighted by Crippen LogP contribution is -2.49. The first kappa shape index (κ1) is 18.7. The minimum absolute atomic E-state index is 0.165. The number of rotatable bonds is 7. The lowest BCUT2D eigenvalue weighted by Gasteiger charge is -2.17. The van der Waals surface area contributed by atoms with Crippen molar-refractivity contribution in [1.29, 1.82) is 0 Å². The van der Waals surface area contributed by atoms with Gasteiger partial charge in [0.25, 0.3) is 0 Å². The Kier molecular flexibility index (Phi) is 5.66. The standard InChI is InChI=1S/C24H28ClN5O2/c1-15(23(31)28-13-18-9-19-20(25)14-30(2)22(19)27-12-18)29-24(32)21-10-17(11-26-21)8-16-6-4-3-5-7-16/h3-7,9,12,14-15,17,21,26H,8,10-11,13H2,1-2H3,(H,28,31)(H,29,32)/t15-,17-,21+/m0/s1/i2D3. The van der Waals surface area contributed by atoms with Gasteiger partial charge in [-0.25, -0.2) is 4.98 Å². The van der Waals surface area contributed by atoms with Crippen LogP contribution in [0.3, 0.4) is 0 Å². The molecule has 168 valence electrons. The monoisotopic (exact) mass is 456 g/mol. The van der Waals surface area contributed by atoms with Gasteiger partial charge in [-0.3, -0.25) is 9.59 Å². The zero-order chi connectivity index (χ0) is 25.2. The Morgan fingerprint density at radius 1 is 1.34 bits per heavy atom. The van der Waals surface area contributed by atoms with Crippen molar-refractivity contribution in [2.45, 2.75) is 38.4 Å². The topological polar surface area (TPSA) is 88.0 Å². The summed E-state index contributed by atoms with van der Waals surface area (Å²) < 4.78 is 23.8. The molecule has 3 heterocycles. The van der Waals surface area contributed by atoms with Crippen molar-refractivity contribution < 1.29 is 13.7 Å². The average molecular weight is 457 g/mol. The first-order valence-corrected chi connectivity index (χ1v) is 11.0. The average Bonchev–Trinajstić information content (AvgIpc) is 3.42. The lowest BCUT2D eigenvalue weighted by atomic mass is 9.96. The molecular formula is C24H28ClN5O2. The zero-order valence-corrected chi connectivity index (χ0v) is 18.5. The Labute approximate surface area is 196 Å². The molecule has 0 bridgehead atoms. The SMILES string of the molecule is [2H]C([2H])([2H])n1cc(Cl)c2cc(CNC(=O)[C@H](C)NC(=O)[C@H]3C[C@H](Cc4ccccc4)CN3)cnc21. The highest BCUT2D eigenvalue weighted by molar-refractivity contribution is 6.35. The molecule has 3 aromatic rings. The van der Waals surface area contributed by atoms with Crippen LogP contribution in [0, 0.1) is 5.92 Å². The number of amides is 2. The summed E-state index contributed by atoms with van der Waals surface area (Å²) in [5, 5.41) is 9.59. The van der Waals surface area contributed by atoms with Crippen molar-refractivity contribution in [1.82, 2.24) is 25.5 Å². The maximum atomic E-state index is 12.7. The molecule has 2 aromatic heterocycles. The van der Waals surface area contributed by atoms with E-state index >= 15 is 0 Å². The van der Waals surface area contributed by atoms with Crippen LogP contribution in [0.25, 0.3) is 11.0 Å². The highest BCUT2D eigenvalue weighted by atomic mass is 35.5. The summed E-state index contributed by atoms with van der Waals surface area (Å²) in [5.41, 5.74) is 2.16. The maximum Gasteiger partial charge on any atom is 0.242 e. The Balaban J connectivity index is 1.28. The fourth-order valence-corrected chi connectivity index (χ4v) is 4.28. The van der Waals surface area contributed by atoms with Gasteiger partial charge in [-0.05, 0) is 49.4 Å². The first-order valence-electron chi connectivity index (χ1n) is 12.1. The largest absolute Gasteiger partial charge is 0.350 e. The van der Waals surface area contributed by atoms with Gasteiger partial charge in [-0.2, -0.15) is 0 Å². The minimum Gasteiger partial charge on any atom is -0.350 e. The molecule has 0 radical (unpaired) electrons. The van der Waals surface area contributed by atoms with Gasteiger partial charge in [0.2, 0.25) is 11.8 Å². The van der Waals surface area contributed by atoms with Crippen LogP contribution < -0.4 is 16.0 Å². The third kappa shape index (κ3) is 5.11. The van der Waals surface area contributed by atoms with E-state index in [-0.39, 0.29) is 35.1 Å². The van der Waals surface area contributed by atoms with Gasteiger partial charge in [0.1, 0.15) is 11.7 Å². The van der Waals surface area contributed by atoms with E-state index in [9.17, 15) is 9.59 Å². The summed E-state index contributed by atoms with van der Waals surface area (Å²) in [4.78, 5) is 29.5. The highest BCUT2D eigenvalue weighted by Crippen LogP contribution is 2.24. The van der Waals surface area contributed by atoms with Crippen LogP contribution in [0.2, 0.25) is 5.02 Å². The summed E-state index contributed by atoms with van der Waals surface area (Å²) in [5.74, 6) is -0.153. The number of aromatic nitrogens is 2. The lowest BCUT2D eigenvalue weighted by molar-refractivity contribution is -0.129. The number of carbonyl (C=O) groups is 2. The molecule has 8 heteroatoms. The molecule has 0 unspecified atom stereocenters. The summed E-state index contributed by atoms with van der Waals surface area (Å²) in [7, 11) is 0. The van der Waals surface area contributed by atoms with Crippen LogP contribution in [-0.2, 0) is 29.5 Å². The van der Waals surface area contributed by atoms with Crippen molar-refractivity contribution in [3.05, 3.63) is 64.9 Å². The Hall–Kier alpha value is -2.90. The van der Waals surface area contributed by atoms with E-state index in [1.54, 1.807) is 13.0 Å². The van der Waals surface area contributed by atoms with Crippen LogP contribution >= 0.6 is 11.6 Å². The second kappa shape index (κ2) is 9.71. The normalized spacial score (nSPS) is 20.9. The molecule has 4 rings (SSSR count). The molecule has 1 aliphatic heterocycles. The van der Waals surface area contributed by atoms with Gasteiger partial charge in [-0.1, -0.05) is 41.9 Å². The van der Waals surface area contributed by atoms with E-state index in [0.29, 0.717) is 16.9 Å². The molecule has 0 saturated carbocycles. The van der Waals surface area contributed by atoms with Crippen molar-refractivity contribution in [3.8, 4) is 0 Å². The second-order valence-electron chi connectivity index (χ2n) is 8.26. The Morgan fingerprint density at radius 2 is 2.16 bits per heavy atom. The van der Waals surface area contributed by atoms with Gasteiger partial charge < -0.3 is 20.5 Å². The smallest absolute Gasteiger partial charge is 0.242 e. The predicted molar refractivity (Wildman–Crippen MR) is 125 cm³/mol. The fraction of sp³-hybridized carbons (Fsp3) is 0.375. The molecule has 3 N–H and O–H groups in total. The second-order valence-corrected chi connectivity index (χ2v) is 8.67. The van der Waals surface area contributed by atoms with Crippen molar-refractivity contribution >= 4 is 34.4 Å². The first-order chi connectivity index (χ1) is 16.6. The van der Waals surface area contributed by atoms with Crippen LogP contribution in [-0.4, -0.2) is 40.0 Å². The van der Waals surface area contributed by atoms with E-state index < -0.39 is 13.0 Å². The van der Waals surface area contributed by atoms with Crippen molar-refractivity contribution in [3.63, 3.8) is 0 Å². The molecule has 1 aromatic carbocycles. The van der Waals surface area contributed by atoms with E-state index in [1.807, 2.05) is 18.2 Å². The molecule has 0 spiro atoms. The zero-order valence-electron chi connectivity index (χ0n) is 20.8. The molecule has 3 atom stereocenters. The summed E-state index contributed by atoms with van der Waals surface area (Å²) >= 11 is 6.19. The number of hydrogen-bond donors (Lipinski definition) is 3. The summed E-state index contributed by atoms with van der Waals surface area (Å²) in [6.45, 7) is 0.170. The molecule has 1 saturated heterocycles. The van der Waals surface area contributed by atoms with E-state index in [4.69, 9.17) is 15.7 Å². The molecule has 2 amide bonds. The van der Waals surface area contributed by atoms with Crippen molar-refractivity contribution in [2.75, 3.05) is 6.54 Å². The molecule has 0 aliphatic carbocycles. The number of fused-ring (bicyclic) bond motifs is 1. The molecule has 1 fully saturated rings. The van der Waals surface area contributed by atoms with Crippen LogP contribution in [0.5, 0.6) is 0 Å². The Bertz CT molecular complexity index is 1220. The highest BCUT2D eigenvalue weighted by Gasteiger charge is 2.30. The Morgan fingerprint density at radius 3 is 2.94 bits per heavy atom. The molecular weight excluding hydrogens is 426 g/mol. The minimum atomic E-state index is -2.39. The number of nitrogens with zero attached hydrogens (tertiary/aromatic N) is 2. The number of benzene rings is 1. The fourth-order valence-electron chi connectivity index (χ4n) is 4.04. The van der Waals surface area contributed by atoms with Gasteiger partial charge in [0, 0.05) is 35.4 Å². The summed E-state index contributed by atoms with van der Waals surface area (Å²) in [6.07, 6.45) is 4.45. The number of carbonyl (C=O) groups excluding carboxylic acids is 2. The van der Waals surface area contributed by atoms with Gasteiger partial charge in [0.05, 0.1) is 11.1 Å². The van der Waals surface area contributed by atoms with Crippen LogP contribution in [0.1, 0.15) is 28.6 Å². The maximum absolute atomic E-state index is 12.7. The van der Waals surface area contributed by atoms with Crippen LogP contribution in [0.4, 0.5) is 0 Å². The number of hydrogen-bond acceptors (Lipinski definition) is 4. The third-order valence-electron chi connectivity index (χ3n) is 5.78. The quantitative estimate of drug-likeness (QED) is 0.510. The molecule has 32 heavy (non-hydrogen) atoms. The number of halogens is 1. The van der Waals surface area contributed by atoms with E-state index in [1.165, 1.54) is 18.0 Å². The predicted octanol–water partition coefficient (Wildman–Crippen LogP) is 2.57. The number of pyridine rings is 1. The summed E-state index contributed by atoms with van der Waals surface area (Å²) in [6, 6.07) is 10.8. The number of aryl methyl sites for hydroxylation is 1. The van der Waals surface area contributed by atoms with Crippen LogP contribution in [0.15, 0.2) is 48.8 Å². The van der Waals surface area contributed by atoms with Crippen molar-refractivity contribution in [2.24, 2.45) is 12.9 Å². The van der Waals surface area contributed by atoms with Gasteiger partial charge in [-0.15, -0.1) is 0 Å². The molecule has 1 aliphatic rings. The van der Waals surface area contributed by atoms with Gasteiger partial charge >= 0.3 is 0 Å². The van der Waals surface area contributed by atoms with Gasteiger partial charge in [0.15, 0.2) is 0 Å².